The predicted molar refractivity (Wildman–Crippen MR) is 542 cm³/mol. The van der Waals surface area contributed by atoms with Crippen LogP contribution in [0.15, 0.2) is 166 Å². The number of fused-ring (bicyclic) bond motifs is 8. The van der Waals surface area contributed by atoms with Crippen LogP contribution in [0.5, 0.6) is 0 Å². The molecule has 0 fully saturated rings. The number of ether oxygens (including phenoxy) is 4. The third-order valence-electron chi connectivity index (χ3n) is 23.2. The first-order valence-electron chi connectivity index (χ1n) is 47.1. The average molecular weight is 1970 g/mol. The molecule has 5 aromatic carbocycles. The summed E-state index contributed by atoms with van der Waals surface area (Å²) < 4.78 is 50.7. The maximum Gasteiger partial charge on any atom is 0.407 e. The number of anilines is 4. The topological polar surface area (TPSA) is 516 Å². The number of nitrogens with one attached hydrogen (secondary N) is 4. The molecule has 740 valence electrons. The van der Waals surface area contributed by atoms with Crippen molar-refractivity contribution in [1.82, 2.24) is 143 Å². The van der Waals surface area contributed by atoms with E-state index in [4.69, 9.17) is 70.1 Å². The maximum atomic E-state index is 13.3. The van der Waals surface area contributed by atoms with Gasteiger partial charge in [-0.05, 0) is 244 Å². The van der Waals surface area contributed by atoms with Gasteiger partial charge in [0, 0.05) is 106 Å². The SMILES string of the molecule is CC(C)n1cnc2ccc(CNC(=O)OCCCCn3cnc4c(N)nc(-c5ccc(F)cc5)nc43)cc21.CC(C)n1cnc2ccc(CNC(=O)OCCCCn3cnc4c(N)nc(-c5ccncc5)nc43)cc21.CC(C)n1cnc2ccc(CNC(=O)OCCCCn3cnc4c(N)nc(Cl)nc43)cc21.CCCc1nc2ccc(CNC(=O)OCCCCn3cnc4c(N)nc(Cl)nc43)cc2n1C(C)C. The normalized spacial score (nSPS) is 11.5. The summed E-state index contributed by atoms with van der Waals surface area (Å²) in [6, 6.07) is 34.8. The van der Waals surface area contributed by atoms with Crippen molar-refractivity contribution in [2.45, 2.75) is 203 Å². The van der Waals surface area contributed by atoms with Crippen molar-refractivity contribution in [3.05, 3.63) is 210 Å². The number of amides is 4. The molecule has 13 aromatic heterocycles. The van der Waals surface area contributed by atoms with Crippen LogP contribution in [0.4, 0.5) is 46.8 Å². The Morgan fingerprint density at radius 1 is 0.359 bits per heavy atom. The van der Waals surface area contributed by atoms with E-state index in [1.807, 2.05) is 110 Å². The molecule has 0 aliphatic heterocycles. The molecule has 13 heterocycles. The quantitative estimate of drug-likeness (QED) is 0.0103. The molecular formula is C98H114Cl2FN33O8. The lowest BCUT2D eigenvalue weighted by atomic mass is 10.2. The van der Waals surface area contributed by atoms with Crippen molar-refractivity contribution in [3.63, 3.8) is 0 Å². The van der Waals surface area contributed by atoms with Gasteiger partial charge in [0.25, 0.3) is 0 Å². The molecule has 41 nitrogen and oxygen atoms in total. The Morgan fingerprint density at radius 3 is 1.01 bits per heavy atom. The minimum atomic E-state index is -0.458. The molecule has 0 atom stereocenters. The van der Waals surface area contributed by atoms with Crippen LogP contribution in [0.1, 0.15) is 172 Å². The molecule has 18 rings (SSSR count). The monoisotopic (exact) mass is 1970 g/mol. The van der Waals surface area contributed by atoms with Crippen LogP contribution in [0.25, 0.3) is 112 Å². The van der Waals surface area contributed by atoms with Gasteiger partial charge in [0.2, 0.25) is 10.6 Å². The van der Waals surface area contributed by atoms with Crippen LogP contribution in [-0.2, 0) is 77.7 Å². The molecule has 0 radical (unpaired) electrons. The first-order chi connectivity index (χ1) is 68.7. The Hall–Kier alpha value is -15.9. The second kappa shape index (κ2) is 47.2. The third-order valence-corrected chi connectivity index (χ3v) is 23.5. The molecule has 12 N–H and O–H groups in total. The van der Waals surface area contributed by atoms with Gasteiger partial charge < -0.3 is 99.7 Å². The molecule has 142 heavy (non-hydrogen) atoms. The highest BCUT2D eigenvalue weighted by atomic mass is 35.5. The minimum absolute atomic E-state index is 0.0876. The van der Waals surface area contributed by atoms with Crippen LogP contribution in [0.3, 0.4) is 0 Å². The van der Waals surface area contributed by atoms with Crippen LogP contribution in [0, 0.1) is 5.82 Å². The standard InChI is InChI=1S/C27H29FN8O2.C26H29N9O2.C24H31ClN8O2.C21H25ClN8O2/c1-17(2)36-16-31-21-10-5-18(13-22(21)36)14-30-27(37)38-12-4-3-11-35-15-32-23-24(29)33-25(34-26(23)35)19-6-8-20(28)9-7-19;1-17(2)35-16-30-20-6-5-18(13-21(20)35)14-29-26(36)37-12-4-3-11-34-15-31-22-23(27)32-24(33-25(22)34)19-7-9-28-10-8-19;1-4-7-19-29-17-9-8-16(12-18(17)33(19)15(2)3)13-27-24(34)35-11-6-5-10-32-14-28-20-21(26)30-23(25)31-22(20)32;1-13(2)30-12-25-15-6-5-14(9-16(15)30)10-24-21(31)32-8-4-3-7-29-11-26-17-18(23)27-20(22)28-19(17)29/h5-10,13,15-17H,3-4,11-12,14H2,1-2H3,(H,30,37)(H2,29,33,34);5-10,13,15-17H,3-4,11-12,14H2,1-2H3,(H,29,36)(H2,27,32,33);8-9,12,14-15H,4-7,10-11,13H2,1-3H3,(H,27,34)(H2,26,30,31);5-6,9,11-13H,3-4,7-8,10H2,1-2H3,(H,24,31)(H2,23,27,28). The highest BCUT2D eigenvalue weighted by Crippen LogP contribution is 2.31. The fourth-order valence-electron chi connectivity index (χ4n) is 16.0. The number of benzene rings is 5. The average Bonchev–Trinajstić information content (AvgIpc) is 1.64. The number of hydrogen-bond acceptors (Lipinski definition) is 29. The summed E-state index contributed by atoms with van der Waals surface area (Å²) in [6.45, 7) is 24.5. The number of unbranched alkanes of at least 4 members (excludes halogenated alkanes) is 4. The maximum absolute atomic E-state index is 13.3. The number of carbonyl (C=O) groups excluding carboxylic acids is 4. The zero-order chi connectivity index (χ0) is 100. The summed E-state index contributed by atoms with van der Waals surface area (Å²) >= 11 is 11.8. The number of halogens is 3. The zero-order valence-corrected chi connectivity index (χ0v) is 81.9. The van der Waals surface area contributed by atoms with E-state index in [0.29, 0.717) is 190 Å². The van der Waals surface area contributed by atoms with E-state index in [0.717, 1.165) is 116 Å². The number of nitrogens with zero attached hydrogens (tertiary/aromatic N) is 25. The Labute approximate surface area is 825 Å². The lowest BCUT2D eigenvalue weighted by molar-refractivity contribution is 0.142. The molecule has 0 bridgehead atoms. The second-order valence-corrected chi connectivity index (χ2v) is 35.5. The summed E-state index contributed by atoms with van der Waals surface area (Å²) in [7, 11) is 0. The Bertz CT molecular complexity index is 7420. The Morgan fingerprint density at radius 2 is 0.676 bits per heavy atom. The van der Waals surface area contributed by atoms with E-state index in [1.165, 1.54) is 12.1 Å². The van der Waals surface area contributed by atoms with Crippen LogP contribution >= 0.6 is 23.2 Å². The molecule has 0 unspecified atom stereocenters. The number of nitrogens with two attached hydrogens (primary N) is 4. The predicted octanol–water partition coefficient (Wildman–Crippen LogP) is 17.3. The van der Waals surface area contributed by atoms with Gasteiger partial charge in [-0.15, -0.1) is 0 Å². The number of pyridine rings is 1. The smallest absolute Gasteiger partial charge is 0.407 e. The minimum Gasteiger partial charge on any atom is -0.450 e. The lowest BCUT2D eigenvalue weighted by Gasteiger charge is -2.13. The summed E-state index contributed by atoms with van der Waals surface area (Å²) in [5, 5.41) is 11.4. The molecular weight excluding hydrogens is 1860 g/mol. The van der Waals surface area contributed by atoms with Crippen molar-refractivity contribution in [1.29, 1.82) is 0 Å². The van der Waals surface area contributed by atoms with Crippen LogP contribution in [0.2, 0.25) is 10.6 Å². The van der Waals surface area contributed by atoms with E-state index in [2.05, 4.69) is 194 Å². The Balaban J connectivity index is 0.000000143. The van der Waals surface area contributed by atoms with E-state index in [9.17, 15) is 23.6 Å². The first-order valence-corrected chi connectivity index (χ1v) is 47.8. The van der Waals surface area contributed by atoms with E-state index < -0.39 is 24.4 Å². The van der Waals surface area contributed by atoms with Crippen LogP contribution in [-0.4, -0.2) is 172 Å². The molecule has 0 saturated heterocycles. The lowest BCUT2D eigenvalue weighted by Crippen LogP contribution is -2.24. The van der Waals surface area contributed by atoms with Gasteiger partial charge in [0.1, 0.15) is 33.7 Å². The van der Waals surface area contributed by atoms with Crippen LogP contribution < -0.4 is 44.2 Å². The van der Waals surface area contributed by atoms with Gasteiger partial charge >= 0.3 is 24.4 Å². The second-order valence-electron chi connectivity index (χ2n) is 34.9. The Kier molecular flexibility index (Phi) is 33.4. The molecule has 44 heteroatoms. The first kappa shape index (κ1) is 101. The van der Waals surface area contributed by atoms with Gasteiger partial charge in [0.15, 0.2) is 57.5 Å². The van der Waals surface area contributed by atoms with Gasteiger partial charge in [-0.2, -0.15) is 19.9 Å². The summed E-state index contributed by atoms with van der Waals surface area (Å²) in [5.74, 6) is 2.82. The highest BCUT2D eigenvalue weighted by Gasteiger charge is 2.22. The van der Waals surface area contributed by atoms with Gasteiger partial charge in [-0.1, -0.05) is 31.2 Å². The third kappa shape index (κ3) is 25.4. The van der Waals surface area contributed by atoms with E-state index in [-0.39, 0.29) is 40.4 Å². The van der Waals surface area contributed by atoms with Crippen molar-refractivity contribution >= 4 is 160 Å². The van der Waals surface area contributed by atoms with Crippen molar-refractivity contribution < 1.29 is 42.5 Å². The zero-order valence-electron chi connectivity index (χ0n) is 80.3. The molecule has 18 aromatic rings. The van der Waals surface area contributed by atoms with Gasteiger partial charge in [-0.3, -0.25) is 4.98 Å². The number of aromatic nitrogens is 25. The summed E-state index contributed by atoms with van der Waals surface area (Å²) in [4.78, 5) is 122. The molecule has 0 aliphatic carbocycles. The molecule has 0 aliphatic rings. The number of rotatable bonds is 36. The van der Waals surface area contributed by atoms with E-state index >= 15 is 0 Å². The molecule has 0 spiro atoms. The van der Waals surface area contributed by atoms with Crippen molar-refractivity contribution in [3.8, 4) is 22.8 Å². The van der Waals surface area contributed by atoms with E-state index in [1.54, 1.807) is 49.8 Å². The number of hydrogen-bond donors (Lipinski definition) is 8. The molecule has 4 amide bonds. The number of aryl methyl sites for hydroxylation is 5. The van der Waals surface area contributed by atoms with Gasteiger partial charge in [-0.25, -0.2) is 83.4 Å². The van der Waals surface area contributed by atoms with Gasteiger partial charge in [0.05, 0.1) is 115 Å². The molecule has 0 saturated carbocycles. The number of imidazole rings is 8. The summed E-state index contributed by atoms with van der Waals surface area (Å²) in [6.07, 6.45) is 21.6. The number of nitrogen functional groups attached to an aromatic ring is 4. The van der Waals surface area contributed by atoms with Crippen molar-refractivity contribution in [2.75, 3.05) is 49.4 Å². The highest BCUT2D eigenvalue weighted by molar-refractivity contribution is 6.29. The largest absolute Gasteiger partial charge is 0.450 e. The number of alkyl carbamates (subject to hydrolysis) is 4. The van der Waals surface area contributed by atoms with Crippen molar-refractivity contribution in [2.24, 2.45) is 0 Å². The fourth-order valence-corrected chi connectivity index (χ4v) is 16.3. The fraction of sp³-hybridized carbons (Fsp3) is 0.357. The summed E-state index contributed by atoms with van der Waals surface area (Å²) in [5.41, 5.74) is 41.9. The number of carbonyl (C=O) groups is 4.